The van der Waals surface area contributed by atoms with Crippen molar-refractivity contribution < 1.29 is 4.74 Å². The maximum absolute atomic E-state index is 6.16. The van der Waals surface area contributed by atoms with Crippen molar-refractivity contribution in [2.24, 2.45) is 0 Å². The average Bonchev–Trinajstić information content (AvgIpc) is 2.49. The molecule has 21 heavy (non-hydrogen) atoms. The van der Waals surface area contributed by atoms with Crippen LogP contribution in [0.25, 0.3) is 0 Å². The van der Waals surface area contributed by atoms with Gasteiger partial charge in [0.05, 0.1) is 5.02 Å². The van der Waals surface area contributed by atoms with E-state index in [9.17, 15) is 0 Å². The van der Waals surface area contributed by atoms with Crippen LogP contribution >= 0.6 is 23.2 Å². The Morgan fingerprint density at radius 3 is 2.62 bits per heavy atom. The molecule has 2 aromatic rings. The maximum atomic E-state index is 6.16. The van der Waals surface area contributed by atoms with Crippen LogP contribution in [-0.4, -0.2) is 6.54 Å². The fourth-order valence-corrected chi connectivity index (χ4v) is 2.39. The molecule has 0 amide bonds. The number of halogens is 2. The van der Waals surface area contributed by atoms with Gasteiger partial charge in [0.25, 0.3) is 0 Å². The fraction of sp³-hybridized carbons (Fsp3) is 0.294. The molecule has 0 fully saturated rings. The van der Waals surface area contributed by atoms with Crippen LogP contribution in [0.3, 0.4) is 0 Å². The molecule has 0 aliphatic heterocycles. The van der Waals surface area contributed by atoms with Crippen LogP contribution in [0.5, 0.6) is 11.5 Å². The van der Waals surface area contributed by atoms with Crippen LogP contribution in [0.4, 0.5) is 0 Å². The zero-order valence-corrected chi connectivity index (χ0v) is 13.7. The van der Waals surface area contributed by atoms with Crippen LogP contribution in [0.15, 0.2) is 42.5 Å². The number of nitrogens with one attached hydrogen (secondary N) is 1. The Hall–Kier alpha value is -1.22. The van der Waals surface area contributed by atoms with Crippen molar-refractivity contribution in [3.05, 3.63) is 58.1 Å². The first kappa shape index (κ1) is 16.2. The van der Waals surface area contributed by atoms with Gasteiger partial charge in [-0.15, -0.1) is 0 Å². The second-order valence-electron chi connectivity index (χ2n) is 4.89. The van der Waals surface area contributed by atoms with E-state index in [0.29, 0.717) is 15.8 Å². The highest BCUT2D eigenvalue weighted by Gasteiger charge is 2.12. The first-order chi connectivity index (χ1) is 10.1. The third-order valence-corrected chi connectivity index (χ3v) is 3.75. The molecule has 0 bridgehead atoms. The van der Waals surface area contributed by atoms with Crippen LogP contribution in [0.1, 0.15) is 31.9 Å². The predicted molar refractivity (Wildman–Crippen MR) is 89.7 cm³/mol. The summed E-state index contributed by atoms with van der Waals surface area (Å²) in [4.78, 5) is 0. The summed E-state index contributed by atoms with van der Waals surface area (Å²) in [5, 5.41) is 4.61. The largest absolute Gasteiger partial charge is 0.455 e. The van der Waals surface area contributed by atoms with E-state index in [1.54, 1.807) is 18.2 Å². The van der Waals surface area contributed by atoms with E-state index in [-0.39, 0.29) is 6.04 Å². The van der Waals surface area contributed by atoms with Crippen LogP contribution < -0.4 is 10.1 Å². The highest BCUT2D eigenvalue weighted by Crippen LogP contribution is 2.35. The third-order valence-electron chi connectivity index (χ3n) is 3.20. The van der Waals surface area contributed by atoms with Gasteiger partial charge in [-0.05, 0) is 38.1 Å². The Kier molecular flexibility index (Phi) is 5.92. The second kappa shape index (κ2) is 7.69. The smallest absolute Gasteiger partial charge is 0.147 e. The van der Waals surface area contributed by atoms with Crippen molar-refractivity contribution >= 4 is 23.2 Å². The van der Waals surface area contributed by atoms with Crippen molar-refractivity contribution in [1.82, 2.24) is 5.32 Å². The van der Waals surface area contributed by atoms with Gasteiger partial charge >= 0.3 is 0 Å². The van der Waals surface area contributed by atoms with E-state index in [1.807, 2.05) is 18.2 Å². The number of rotatable bonds is 6. The first-order valence-electron chi connectivity index (χ1n) is 7.07. The predicted octanol–water partition coefficient (Wildman–Crippen LogP) is 5.85. The van der Waals surface area contributed by atoms with Crippen molar-refractivity contribution in [3.63, 3.8) is 0 Å². The second-order valence-corrected chi connectivity index (χ2v) is 5.73. The zero-order valence-electron chi connectivity index (χ0n) is 12.2. The Balaban J connectivity index is 2.25. The Morgan fingerprint density at radius 2 is 1.86 bits per heavy atom. The summed E-state index contributed by atoms with van der Waals surface area (Å²) < 4.78 is 5.97. The third kappa shape index (κ3) is 4.37. The normalized spacial score (nSPS) is 12.2. The molecule has 2 aromatic carbocycles. The molecule has 0 aromatic heterocycles. The van der Waals surface area contributed by atoms with Gasteiger partial charge in [0.1, 0.15) is 11.5 Å². The molecule has 0 aliphatic carbocycles. The molecule has 2 nitrogen and oxygen atoms in total. The lowest BCUT2D eigenvalue weighted by atomic mass is 10.1. The minimum Gasteiger partial charge on any atom is -0.455 e. The van der Waals surface area contributed by atoms with Crippen LogP contribution in [0, 0.1) is 0 Å². The molecule has 0 radical (unpaired) electrons. The molecule has 0 heterocycles. The number of hydrogen-bond acceptors (Lipinski definition) is 2. The molecule has 1 unspecified atom stereocenters. The van der Waals surface area contributed by atoms with Crippen LogP contribution in [0.2, 0.25) is 10.0 Å². The molecule has 0 aliphatic rings. The van der Waals surface area contributed by atoms with Crippen molar-refractivity contribution in [2.75, 3.05) is 6.54 Å². The lowest BCUT2D eigenvalue weighted by Gasteiger charge is -2.18. The molecule has 0 saturated carbocycles. The topological polar surface area (TPSA) is 21.3 Å². The Bertz CT molecular complexity index is 601. The number of hydrogen-bond donors (Lipinski definition) is 1. The van der Waals surface area contributed by atoms with Gasteiger partial charge in [0.2, 0.25) is 0 Å². The van der Waals surface area contributed by atoms with Gasteiger partial charge in [0, 0.05) is 22.7 Å². The lowest BCUT2D eigenvalue weighted by Crippen LogP contribution is -2.19. The van der Waals surface area contributed by atoms with E-state index in [2.05, 4.69) is 25.2 Å². The number of ether oxygens (including phenoxy) is 1. The minimum atomic E-state index is 0.208. The molecule has 1 atom stereocenters. The van der Waals surface area contributed by atoms with E-state index < -0.39 is 0 Å². The van der Waals surface area contributed by atoms with Crippen LogP contribution in [-0.2, 0) is 0 Å². The van der Waals surface area contributed by atoms with E-state index in [0.717, 1.165) is 24.3 Å². The molecule has 1 N–H and O–H groups in total. The van der Waals surface area contributed by atoms with Gasteiger partial charge in [0.15, 0.2) is 0 Å². The molecule has 4 heteroatoms. The standard InChI is InChI=1S/C17H19Cl2NO/c1-3-10-20-12(2)14-6-4-5-7-16(14)21-17-11-13(18)8-9-15(17)19/h4-9,11-12,20H,3,10H2,1-2H3. The number of para-hydroxylation sites is 1. The maximum Gasteiger partial charge on any atom is 0.147 e. The summed E-state index contributed by atoms with van der Waals surface area (Å²) in [5.41, 5.74) is 1.10. The highest BCUT2D eigenvalue weighted by molar-refractivity contribution is 6.34. The Labute approximate surface area is 136 Å². The molecule has 112 valence electrons. The van der Waals surface area contributed by atoms with Gasteiger partial charge in [-0.2, -0.15) is 0 Å². The fourth-order valence-electron chi connectivity index (χ4n) is 2.08. The molecule has 0 spiro atoms. The monoisotopic (exact) mass is 323 g/mol. The van der Waals surface area contributed by atoms with Crippen molar-refractivity contribution in [2.45, 2.75) is 26.3 Å². The summed E-state index contributed by atoms with van der Waals surface area (Å²) in [6.07, 6.45) is 1.09. The summed E-state index contributed by atoms with van der Waals surface area (Å²) in [6, 6.07) is 13.4. The SMILES string of the molecule is CCCNC(C)c1ccccc1Oc1cc(Cl)ccc1Cl. The summed E-state index contributed by atoms with van der Waals surface area (Å²) >= 11 is 12.2. The lowest BCUT2D eigenvalue weighted by molar-refractivity contribution is 0.461. The Morgan fingerprint density at radius 1 is 1.10 bits per heavy atom. The molecular weight excluding hydrogens is 305 g/mol. The van der Waals surface area contributed by atoms with Gasteiger partial charge < -0.3 is 10.1 Å². The van der Waals surface area contributed by atoms with E-state index in [4.69, 9.17) is 27.9 Å². The molecular formula is C17H19Cl2NO. The highest BCUT2D eigenvalue weighted by atomic mass is 35.5. The summed E-state index contributed by atoms with van der Waals surface area (Å²) in [5.74, 6) is 1.36. The molecule has 2 rings (SSSR count). The minimum absolute atomic E-state index is 0.208. The first-order valence-corrected chi connectivity index (χ1v) is 7.82. The average molecular weight is 324 g/mol. The van der Waals surface area contributed by atoms with E-state index in [1.165, 1.54) is 0 Å². The summed E-state index contributed by atoms with van der Waals surface area (Å²) in [7, 11) is 0. The molecule has 0 saturated heterocycles. The van der Waals surface area contributed by atoms with Crippen molar-refractivity contribution in [1.29, 1.82) is 0 Å². The van der Waals surface area contributed by atoms with Gasteiger partial charge in [-0.25, -0.2) is 0 Å². The quantitative estimate of drug-likeness (QED) is 0.720. The van der Waals surface area contributed by atoms with Crippen molar-refractivity contribution in [3.8, 4) is 11.5 Å². The number of benzene rings is 2. The zero-order chi connectivity index (χ0) is 15.2. The van der Waals surface area contributed by atoms with E-state index >= 15 is 0 Å². The van der Waals surface area contributed by atoms with Gasteiger partial charge in [-0.3, -0.25) is 0 Å². The summed E-state index contributed by atoms with van der Waals surface area (Å²) in [6.45, 7) is 5.23. The van der Waals surface area contributed by atoms with Gasteiger partial charge in [-0.1, -0.05) is 48.3 Å².